The molecule has 1 aliphatic rings. The average Bonchev–Trinajstić information content (AvgIpc) is 2.51. The van der Waals surface area contributed by atoms with Crippen LogP contribution >= 0.6 is 0 Å². The molecule has 1 aliphatic carbocycles. The number of esters is 1. The highest BCUT2D eigenvalue weighted by Gasteiger charge is 2.21. The molecule has 0 aliphatic heterocycles. The third-order valence-electron chi connectivity index (χ3n) is 4.21. The minimum atomic E-state index is -0.440. The monoisotopic (exact) mass is 291 g/mol. The lowest BCUT2D eigenvalue weighted by atomic mass is 9.83. The molecule has 0 spiro atoms. The Balaban J connectivity index is 1.98. The second-order valence-corrected chi connectivity index (χ2v) is 5.78. The number of hydrogen-bond donors (Lipinski definition) is 2. The number of nitrogens with two attached hydrogens (primary N) is 1. The molecule has 5 nitrogen and oxygen atoms in total. The Kier molecular flexibility index (Phi) is 5.42. The molecule has 0 aromatic carbocycles. The van der Waals surface area contributed by atoms with Crippen LogP contribution in [0.2, 0.25) is 0 Å². The summed E-state index contributed by atoms with van der Waals surface area (Å²) in [7, 11) is 1.35. The third-order valence-corrected chi connectivity index (χ3v) is 4.21. The van der Waals surface area contributed by atoms with Gasteiger partial charge in [0.25, 0.3) is 0 Å². The zero-order valence-electron chi connectivity index (χ0n) is 12.9. The van der Waals surface area contributed by atoms with Crippen LogP contribution in [0.5, 0.6) is 0 Å². The summed E-state index contributed by atoms with van der Waals surface area (Å²) in [5.74, 6) is 1.02. The lowest BCUT2D eigenvalue weighted by Gasteiger charge is -2.29. The van der Waals surface area contributed by atoms with Crippen LogP contribution in [0.15, 0.2) is 12.1 Å². The zero-order valence-corrected chi connectivity index (χ0v) is 12.9. The molecular formula is C16H25N3O2. The molecule has 1 fully saturated rings. The predicted octanol–water partition coefficient (Wildman–Crippen LogP) is 3.22. The summed E-state index contributed by atoms with van der Waals surface area (Å²) in [6.45, 7) is 2.24. The lowest BCUT2D eigenvalue weighted by molar-refractivity contribution is 0.0594. The number of pyridine rings is 1. The van der Waals surface area contributed by atoms with E-state index < -0.39 is 5.97 Å². The van der Waals surface area contributed by atoms with E-state index in [2.05, 4.69) is 17.2 Å². The van der Waals surface area contributed by atoms with Crippen molar-refractivity contribution in [3.8, 4) is 0 Å². The molecule has 0 unspecified atom stereocenters. The largest absolute Gasteiger partial charge is 0.464 e. The van der Waals surface area contributed by atoms with Crippen molar-refractivity contribution in [2.24, 2.45) is 5.92 Å². The molecule has 0 radical (unpaired) electrons. The number of rotatable bonds is 5. The highest BCUT2D eigenvalue weighted by Crippen LogP contribution is 2.30. The van der Waals surface area contributed by atoms with Gasteiger partial charge in [-0.15, -0.1) is 0 Å². The fourth-order valence-corrected chi connectivity index (χ4v) is 3.00. The van der Waals surface area contributed by atoms with Gasteiger partial charge < -0.3 is 15.8 Å². The Morgan fingerprint density at radius 2 is 2.10 bits per heavy atom. The maximum atomic E-state index is 11.5. The quantitative estimate of drug-likeness (QED) is 0.814. The molecule has 3 N–H and O–H groups in total. The molecule has 21 heavy (non-hydrogen) atoms. The molecule has 0 bridgehead atoms. The van der Waals surface area contributed by atoms with Gasteiger partial charge in [0.1, 0.15) is 5.82 Å². The van der Waals surface area contributed by atoms with Crippen LogP contribution in [0.4, 0.5) is 11.5 Å². The van der Waals surface area contributed by atoms with Crippen molar-refractivity contribution in [3.05, 3.63) is 17.8 Å². The lowest BCUT2D eigenvalue weighted by Crippen LogP contribution is -2.27. The van der Waals surface area contributed by atoms with Crippen LogP contribution in [-0.2, 0) is 4.74 Å². The molecule has 116 valence electrons. The number of aromatic nitrogens is 1. The first kappa shape index (κ1) is 15.6. The topological polar surface area (TPSA) is 77.2 Å². The minimum absolute atomic E-state index is 0.286. The highest BCUT2D eigenvalue weighted by molar-refractivity contribution is 5.88. The molecule has 0 atom stereocenters. The molecule has 0 amide bonds. The van der Waals surface area contributed by atoms with E-state index >= 15 is 0 Å². The summed E-state index contributed by atoms with van der Waals surface area (Å²) in [4.78, 5) is 15.8. The Morgan fingerprint density at radius 3 is 2.71 bits per heavy atom. The maximum Gasteiger partial charge on any atom is 0.356 e. The molecular weight excluding hydrogens is 266 g/mol. The van der Waals surface area contributed by atoms with Crippen LogP contribution in [0.25, 0.3) is 0 Å². The first-order valence-corrected chi connectivity index (χ1v) is 7.75. The van der Waals surface area contributed by atoms with E-state index in [1.54, 1.807) is 12.1 Å². The summed E-state index contributed by atoms with van der Waals surface area (Å²) in [6, 6.07) is 3.68. The molecule has 2 rings (SSSR count). The molecule has 1 aromatic rings. The molecule has 5 heteroatoms. The number of carbonyl (C=O) groups excluding carboxylic acids is 1. The molecule has 1 saturated carbocycles. The Bertz CT molecular complexity index is 482. The second-order valence-electron chi connectivity index (χ2n) is 5.78. The van der Waals surface area contributed by atoms with Crippen LogP contribution < -0.4 is 11.1 Å². The number of methoxy groups -OCH3 is 1. The van der Waals surface area contributed by atoms with Crippen LogP contribution in [0, 0.1) is 5.92 Å². The number of nitrogen functional groups attached to an aromatic ring is 1. The summed E-state index contributed by atoms with van der Waals surface area (Å²) in [5, 5.41) is 3.39. The third kappa shape index (κ3) is 4.09. The molecule has 1 heterocycles. The van der Waals surface area contributed by atoms with Gasteiger partial charge in [0.05, 0.1) is 12.8 Å². The number of nitrogens with one attached hydrogen (secondary N) is 1. The first-order valence-electron chi connectivity index (χ1n) is 7.75. The summed E-state index contributed by atoms with van der Waals surface area (Å²) >= 11 is 0. The van der Waals surface area contributed by atoms with Crippen molar-refractivity contribution in [2.45, 2.75) is 51.5 Å². The van der Waals surface area contributed by atoms with Crippen molar-refractivity contribution in [1.82, 2.24) is 4.98 Å². The normalized spacial score (nSPS) is 21.8. The number of anilines is 2. The van der Waals surface area contributed by atoms with E-state index in [1.165, 1.54) is 32.8 Å². The van der Waals surface area contributed by atoms with Crippen molar-refractivity contribution in [2.75, 3.05) is 18.2 Å². The maximum absolute atomic E-state index is 11.5. The second kappa shape index (κ2) is 7.29. The van der Waals surface area contributed by atoms with Crippen LogP contribution in [0.3, 0.4) is 0 Å². The van der Waals surface area contributed by atoms with Gasteiger partial charge in [-0.1, -0.05) is 19.8 Å². The van der Waals surface area contributed by atoms with Crippen molar-refractivity contribution < 1.29 is 9.53 Å². The van der Waals surface area contributed by atoms with Gasteiger partial charge in [-0.2, -0.15) is 0 Å². The van der Waals surface area contributed by atoms with E-state index in [1.807, 2.05) is 0 Å². The van der Waals surface area contributed by atoms with E-state index in [9.17, 15) is 4.79 Å². The number of hydrogen-bond acceptors (Lipinski definition) is 5. The average molecular weight is 291 g/mol. The van der Waals surface area contributed by atoms with Gasteiger partial charge in [0.2, 0.25) is 0 Å². The van der Waals surface area contributed by atoms with Crippen molar-refractivity contribution in [1.29, 1.82) is 0 Å². The SMILES string of the molecule is CCCC1CCC(Nc2nc(C(=O)OC)ccc2N)CC1. The Morgan fingerprint density at radius 1 is 1.38 bits per heavy atom. The van der Waals surface area contributed by atoms with E-state index in [4.69, 9.17) is 10.5 Å². The smallest absolute Gasteiger partial charge is 0.356 e. The van der Waals surface area contributed by atoms with E-state index in [0.29, 0.717) is 17.5 Å². The van der Waals surface area contributed by atoms with Gasteiger partial charge >= 0.3 is 5.97 Å². The van der Waals surface area contributed by atoms with Gasteiger partial charge in [-0.25, -0.2) is 9.78 Å². The zero-order chi connectivity index (χ0) is 15.2. The summed E-state index contributed by atoms with van der Waals surface area (Å²) in [5.41, 5.74) is 6.80. The van der Waals surface area contributed by atoms with E-state index in [0.717, 1.165) is 18.8 Å². The van der Waals surface area contributed by atoms with Gasteiger partial charge in [0.15, 0.2) is 5.69 Å². The van der Waals surface area contributed by atoms with Gasteiger partial charge in [-0.3, -0.25) is 0 Å². The van der Waals surface area contributed by atoms with Crippen LogP contribution in [0.1, 0.15) is 55.9 Å². The number of nitrogens with zero attached hydrogens (tertiary/aromatic N) is 1. The molecule has 1 aromatic heterocycles. The number of ether oxygens (including phenoxy) is 1. The predicted molar refractivity (Wildman–Crippen MR) is 84.3 cm³/mol. The van der Waals surface area contributed by atoms with E-state index in [-0.39, 0.29) is 5.69 Å². The fourth-order valence-electron chi connectivity index (χ4n) is 3.00. The standard InChI is InChI=1S/C16H25N3O2/c1-3-4-11-5-7-12(8-6-11)18-15-13(17)9-10-14(19-15)16(20)21-2/h9-12H,3-8,17H2,1-2H3,(H,18,19). The first-order chi connectivity index (χ1) is 10.1. The van der Waals surface area contributed by atoms with Gasteiger partial charge in [-0.05, 0) is 43.7 Å². The summed E-state index contributed by atoms with van der Waals surface area (Å²) in [6.07, 6.45) is 7.36. The Hall–Kier alpha value is -1.78. The Labute approximate surface area is 126 Å². The highest BCUT2D eigenvalue weighted by atomic mass is 16.5. The van der Waals surface area contributed by atoms with Crippen molar-refractivity contribution in [3.63, 3.8) is 0 Å². The fraction of sp³-hybridized carbons (Fsp3) is 0.625. The minimum Gasteiger partial charge on any atom is -0.464 e. The van der Waals surface area contributed by atoms with Crippen molar-refractivity contribution >= 4 is 17.5 Å². The number of carbonyl (C=O) groups is 1. The molecule has 0 saturated heterocycles. The van der Waals surface area contributed by atoms with Gasteiger partial charge in [0, 0.05) is 6.04 Å². The van der Waals surface area contributed by atoms with Crippen LogP contribution in [-0.4, -0.2) is 24.1 Å². The summed E-state index contributed by atoms with van der Waals surface area (Å²) < 4.78 is 4.69.